The van der Waals surface area contributed by atoms with Gasteiger partial charge in [-0.3, -0.25) is 24.0 Å². The monoisotopic (exact) mass is 359 g/mol. The van der Waals surface area contributed by atoms with Crippen LogP contribution in [0.2, 0.25) is 0 Å². The first-order valence-electron chi connectivity index (χ1n) is 7.73. The molecule has 0 fully saturated rings. The van der Waals surface area contributed by atoms with E-state index in [1.54, 1.807) is 0 Å². The summed E-state index contributed by atoms with van der Waals surface area (Å²) in [5.74, 6) is -4.90. The third-order valence-electron chi connectivity index (χ3n) is 3.63. The van der Waals surface area contributed by atoms with Gasteiger partial charge in [-0.2, -0.15) is 0 Å². The number of carboxylic acids is 1. The SMILES string of the molecule is CC(=O)[C@@H](CC(N)=O)NC(=O)[C@@H](CCC(=O)O)CC(=O)C(N)[C@@H](C)O. The Hall–Kier alpha value is -2.33. The summed E-state index contributed by atoms with van der Waals surface area (Å²) >= 11 is 0. The molecule has 10 heteroatoms. The van der Waals surface area contributed by atoms with Crippen molar-refractivity contribution < 1.29 is 34.2 Å². The number of aliphatic carboxylic acids is 1. The Morgan fingerprint density at radius 2 is 1.68 bits per heavy atom. The summed E-state index contributed by atoms with van der Waals surface area (Å²) in [7, 11) is 0. The number of aliphatic hydroxyl groups excluding tert-OH is 1. The lowest BCUT2D eigenvalue weighted by molar-refractivity contribution is -0.139. The maximum Gasteiger partial charge on any atom is 0.303 e. The van der Waals surface area contributed by atoms with Gasteiger partial charge in [-0.15, -0.1) is 0 Å². The average molecular weight is 359 g/mol. The second-order valence-corrected chi connectivity index (χ2v) is 5.91. The summed E-state index contributed by atoms with van der Waals surface area (Å²) in [6.07, 6.45) is -2.48. The van der Waals surface area contributed by atoms with E-state index in [4.69, 9.17) is 16.6 Å². The maximum absolute atomic E-state index is 12.3. The van der Waals surface area contributed by atoms with Crippen LogP contribution in [0.15, 0.2) is 0 Å². The summed E-state index contributed by atoms with van der Waals surface area (Å²) in [5, 5.41) is 20.4. The maximum atomic E-state index is 12.3. The standard InChI is InChI=1S/C15H25N3O7/c1-7(19)10(6-12(16)22)18-15(25)9(3-4-13(23)24)5-11(21)14(17)8(2)20/h8-10,14,20H,3-6,17H2,1-2H3,(H2,16,22)(H,18,25)(H,23,24)/t8-,9+,10-,14?/m1/s1. The molecule has 0 rings (SSSR count). The Balaban J connectivity index is 5.13. The second-order valence-electron chi connectivity index (χ2n) is 5.91. The second kappa shape index (κ2) is 10.5. The minimum atomic E-state index is -1.21. The van der Waals surface area contributed by atoms with Gasteiger partial charge < -0.3 is 27.0 Å². The average Bonchev–Trinajstić information content (AvgIpc) is 2.48. The zero-order valence-electron chi connectivity index (χ0n) is 14.2. The molecule has 10 nitrogen and oxygen atoms in total. The van der Waals surface area contributed by atoms with Crippen molar-refractivity contribution in [2.45, 2.75) is 57.7 Å². The number of amides is 2. The number of carboxylic acid groups (broad SMARTS) is 1. The normalized spacial score (nSPS) is 15.5. The van der Waals surface area contributed by atoms with Crippen LogP contribution >= 0.6 is 0 Å². The Morgan fingerprint density at radius 1 is 1.12 bits per heavy atom. The van der Waals surface area contributed by atoms with Gasteiger partial charge in [0.25, 0.3) is 0 Å². The lowest BCUT2D eigenvalue weighted by Gasteiger charge is -2.21. The Bertz CT molecular complexity index is 533. The summed E-state index contributed by atoms with van der Waals surface area (Å²) in [5.41, 5.74) is 10.5. The topological polar surface area (TPSA) is 190 Å². The van der Waals surface area contributed by atoms with Crippen molar-refractivity contribution in [3.8, 4) is 0 Å². The smallest absolute Gasteiger partial charge is 0.303 e. The fraction of sp³-hybridized carbons (Fsp3) is 0.667. The van der Waals surface area contributed by atoms with Crippen LogP contribution in [0.5, 0.6) is 0 Å². The first-order chi connectivity index (χ1) is 11.5. The summed E-state index contributed by atoms with van der Waals surface area (Å²) in [4.78, 5) is 57.5. The number of primary amides is 1. The van der Waals surface area contributed by atoms with E-state index >= 15 is 0 Å². The molecule has 0 spiro atoms. The molecule has 142 valence electrons. The predicted molar refractivity (Wildman–Crippen MR) is 86.1 cm³/mol. The number of hydrogen-bond acceptors (Lipinski definition) is 7. The lowest BCUT2D eigenvalue weighted by atomic mass is 9.91. The van der Waals surface area contributed by atoms with Crippen molar-refractivity contribution in [2.75, 3.05) is 0 Å². The minimum Gasteiger partial charge on any atom is -0.481 e. The molecule has 0 aromatic rings. The van der Waals surface area contributed by atoms with Crippen LogP contribution in [-0.4, -0.2) is 57.8 Å². The van der Waals surface area contributed by atoms with Crippen molar-refractivity contribution >= 4 is 29.4 Å². The Labute approximate surface area is 144 Å². The van der Waals surface area contributed by atoms with E-state index in [-0.39, 0.29) is 12.8 Å². The van der Waals surface area contributed by atoms with Gasteiger partial charge in [-0.1, -0.05) is 0 Å². The molecular weight excluding hydrogens is 334 g/mol. The number of nitrogens with one attached hydrogen (secondary N) is 1. The minimum absolute atomic E-state index is 0.166. The van der Waals surface area contributed by atoms with Crippen molar-refractivity contribution in [3.05, 3.63) is 0 Å². The van der Waals surface area contributed by atoms with Gasteiger partial charge in [-0.25, -0.2) is 0 Å². The van der Waals surface area contributed by atoms with Crippen LogP contribution in [0.1, 0.15) is 39.5 Å². The molecule has 2 amide bonds. The van der Waals surface area contributed by atoms with Gasteiger partial charge in [0.15, 0.2) is 11.6 Å². The quantitative estimate of drug-likeness (QED) is 0.266. The summed E-state index contributed by atoms with van der Waals surface area (Å²) in [6.45, 7) is 2.47. The summed E-state index contributed by atoms with van der Waals surface area (Å²) < 4.78 is 0. The first-order valence-corrected chi connectivity index (χ1v) is 7.73. The van der Waals surface area contributed by atoms with Gasteiger partial charge >= 0.3 is 5.97 Å². The zero-order chi connectivity index (χ0) is 19.7. The number of ketones is 2. The Kier molecular flexibility index (Phi) is 9.54. The molecule has 0 saturated heterocycles. The highest BCUT2D eigenvalue weighted by molar-refractivity contribution is 5.94. The molecule has 0 aliphatic rings. The number of carbonyl (C=O) groups is 5. The molecule has 0 aromatic heterocycles. The van der Waals surface area contributed by atoms with Crippen LogP contribution in [-0.2, 0) is 24.0 Å². The molecule has 0 radical (unpaired) electrons. The van der Waals surface area contributed by atoms with Crippen molar-refractivity contribution in [1.29, 1.82) is 0 Å². The van der Waals surface area contributed by atoms with Gasteiger partial charge in [0.1, 0.15) is 0 Å². The highest BCUT2D eigenvalue weighted by Gasteiger charge is 2.29. The van der Waals surface area contributed by atoms with E-state index in [2.05, 4.69) is 5.32 Å². The van der Waals surface area contributed by atoms with Gasteiger partial charge in [0.2, 0.25) is 11.8 Å². The molecule has 7 N–H and O–H groups in total. The Morgan fingerprint density at radius 3 is 2.08 bits per heavy atom. The molecular formula is C15H25N3O7. The van der Waals surface area contributed by atoms with E-state index in [0.29, 0.717) is 0 Å². The predicted octanol–water partition coefficient (Wildman–Crippen LogP) is -1.92. The highest BCUT2D eigenvalue weighted by Crippen LogP contribution is 2.15. The number of hydrogen-bond donors (Lipinski definition) is 5. The largest absolute Gasteiger partial charge is 0.481 e. The molecule has 25 heavy (non-hydrogen) atoms. The molecule has 0 aromatic carbocycles. The van der Waals surface area contributed by atoms with Crippen LogP contribution < -0.4 is 16.8 Å². The van der Waals surface area contributed by atoms with Gasteiger partial charge in [0.05, 0.1) is 24.6 Å². The third-order valence-corrected chi connectivity index (χ3v) is 3.63. The lowest BCUT2D eigenvalue weighted by Crippen LogP contribution is -2.47. The van der Waals surface area contributed by atoms with E-state index in [0.717, 1.165) is 6.92 Å². The summed E-state index contributed by atoms with van der Waals surface area (Å²) in [6, 6.07) is -2.37. The molecule has 0 aliphatic carbocycles. The number of aliphatic hydroxyl groups is 1. The van der Waals surface area contributed by atoms with Crippen LogP contribution in [0.25, 0.3) is 0 Å². The van der Waals surface area contributed by atoms with Crippen molar-refractivity contribution in [2.24, 2.45) is 17.4 Å². The molecule has 0 bridgehead atoms. The number of carbonyl (C=O) groups excluding carboxylic acids is 4. The fourth-order valence-corrected chi connectivity index (χ4v) is 2.06. The molecule has 4 atom stereocenters. The highest BCUT2D eigenvalue weighted by atomic mass is 16.4. The molecule has 1 unspecified atom stereocenters. The molecule has 0 saturated carbocycles. The zero-order valence-corrected chi connectivity index (χ0v) is 14.2. The number of Topliss-reactive ketones (excluding diaryl/α,β-unsaturated/α-hetero) is 2. The van der Waals surface area contributed by atoms with E-state index < -0.39 is 66.3 Å². The first kappa shape index (κ1) is 22.7. The van der Waals surface area contributed by atoms with Crippen LogP contribution in [0.3, 0.4) is 0 Å². The van der Waals surface area contributed by atoms with E-state index in [1.165, 1.54) is 6.92 Å². The molecule has 0 aliphatic heterocycles. The van der Waals surface area contributed by atoms with Crippen LogP contribution in [0.4, 0.5) is 0 Å². The third kappa shape index (κ3) is 8.91. The molecule has 0 heterocycles. The van der Waals surface area contributed by atoms with E-state index in [1.807, 2.05) is 0 Å². The van der Waals surface area contributed by atoms with Crippen molar-refractivity contribution in [3.63, 3.8) is 0 Å². The van der Waals surface area contributed by atoms with E-state index in [9.17, 15) is 29.1 Å². The fourth-order valence-electron chi connectivity index (χ4n) is 2.06. The number of rotatable bonds is 12. The van der Waals surface area contributed by atoms with Gasteiger partial charge in [-0.05, 0) is 20.3 Å². The van der Waals surface area contributed by atoms with Crippen LogP contribution in [0, 0.1) is 5.92 Å². The van der Waals surface area contributed by atoms with Gasteiger partial charge in [0, 0.05) is 18.8 Å². The number of nitrogens with two attached hydrogens (primary N) is 2. The van der Waals surface area contributed by atoms with Crippen molar-refractivity contribution in [1.82, 2.24) is 5.32 Å².